The van der Waals surface area contributed by atoms with E-state index in [1.165, 1.54) is 24.8 Å². The van der Waals surface area contributed by atoms with Crippen LogP contribution in [-0.2, 0) is 22.4 Å². The number of carboxylic acids is 1. The van der Waals surface area contributed by atoms with Gasteiger partial charge in [0.25, 0.3) is 0 Å². The molecule has 1 N–H and O–H groups in total. The molecule has 0 saturated carbocycles. The first-order valence-electron chi connectivity index (χ1n) is 13.6. The predicted molar refractivity (Wildman–Crippen MR) is 147 cm³/mol. The Morgan fingerprint density at radius 2 is 1.64 bits per heavy atom. The van der Waals surface area contributed by atoms with Crippen LogP contribution in [0.4, 0.5) is 0 Å². The summed E-state index contributed by atoms with van der Waals surface area (Å²) < 4.78 is 5.84. The molecular formula is C31H45NO4. The largest absolute Gasteiger partial charge is 0.478 e. The Balaban J connectivity index is 2.06. The summed E-state index contributed by atoms with van der Waals surface area (Å²) in [5.74, 6) is 0.193. The highest BCUT2D eigenvalue weighted by Gasteiger charge is 2.33. The smallest absolute Gasteiger partial charge is 0.347 e. The molecule has 0 spiro atoms. The van der Waals surface area contributed by atoms with Crippen LogP contribution in [0, 0.1) is 0 Å². The minimum atomic E-state index is -1.26. The molecule has 2 aromatic carbocycles. The molecule has 0 radical (unpaired) electrons. The van der Waals surface area contributed by atoms with Crippen LogP contribution < -0.4 is 4.74 Å². The van der Waals surface area contributed by atoms with Gasteiger partial charge in [-0.15, -0.1) is 0 Å². The van der Waals surface area contributed by atoms with Crippen LogP contribution in [0.2, 0.25) is 0 Å². The first-order chi connectivity index (χ1) is 17.2. The van der Waals surface area contributed by atoms with Gasteiger partial charge in [0.15, 0.2) is 0 Å². The lowest BCUT2D eigenvalue weighted by Crippen LogP contribution is -2.40. The van der Waals surface area contributed by atoms with E-state index in [0.29, 0.717) is 37.5 Å². The van der Waals surface area contributed by atoms with Crippen molar-refractivity contribution in [2.75, 3.05) is 13.1 Å². The Hall–Kier alpha value is -2.82. The van der Waals surface area contributed by atoms with Crippen molar-refractivity contribution >= 4 is 11.9 Å². The first kappa shape index (κ1) is 29.4. The van der Waals surface area contributed by atoms with Crippen molar-refractivity contribution in [3.05, 3.63) is 65.2 Å². The third-order valence-electron chi connectivity index (χ3n) is 6.93. The third-order valence-corrected chi connectivity index (χ3v) is 6.93. The summed E-state index contributed by atoms with van der Waals surface area (Å²) in [5.41, 5.74) is 2.09. The Morgan fingerprint density at radius 3 is 2.25 bits per heavy atom. The fourth-order valence-corrected chi connectivity index (χ4v) is 4.13. The molecule has 5 nitrogen and oxygen atoms in total. The van der Waals surface area contributed by atoms with E-state index in [9.17, 15) is 14.7 Å². The predicted octanol–water partition coefficient (Wildman–Crippen LogP) is 7.03. The molecular weight excluding hydrogens is 450 g/mol. The Labute approximate surface area is 217 Å². The average Bonchev–Trinajstić information content (AvgIpc) is 2.86. The van der Waals surface area contributed by atoms with E-state index >= 15 is 0 Å². The van der Waals surface area contributed by atoms with Crippen molar-refractivity contribution in [1.29, 1.82) is 0 Å². The van der Waals surface area contributed by atoms with E-state index in [1.54, 1.807) is 19.9 Å². The summed E-state index contributed by atoms with van der Waals surface area (Å²) in [7, 11) is 0. The van der Waals surface area contributed by atoms with Gasteiger partial charge in [-0.2, -0.15) is 0 Å². The second-order valence-electron chi connectivity index (χ2n) is 10.3. The molecule has 2 rings (SSSR count). The zero-order chi connectivity index (χ0) is 26.6. The molecule has 0 heterocycles. The Bertz CT molecular complexity index is 953. The number of unbranched alkanes of at least 4 members (excludes halogenated alkanes) is 4. The van der Waals surface area contributed by atoms with E-state index in [4.69, 9.17) is 4.74 Å². The summed E-state index contributed by atoms with van der Waals surface area (Å²) in [4.78, 5) is 26.9. The topological polar surface area (TPSA) is 66.8 Å². The number of carboxylic acid groups (broad SMARTS) is 1. The highest BCUT2D eigenvalue weighted by atomic mass is 16.5. The van der Waals surface area contributed by atoms with Gasteiger partial charge in [0.2, 0.25) is 11.5 Å². The Kier molecular flexibility index (Phi) is 12.0. The molecule has 198 valence electrons. The highest BCUT2D eigenvalue weighted by molar-refractivity contribution is 5.79. The zero-order valence-electron chi connectivity index (χ0n) is 22.9. The lowest BCUT2D eigenvalue weighted by Gasteiger charge is -2.25. The fraction of sp³-hybridized carbons (Fsp3) is 0.548. The van der Waals surface area contributed by atoms with Crippen molar-refractivity contribution in [3.63, 3.8) is 0 Å². The highest BCUT2D eigenvalue weighted by Crippen LogP contribution is 2.23. The minimum Gasteiger partial charge on any atom is -0.478 e. The van der Waals surface area contributed by atoms with Crippen molar-refractivity contribution in [3.8, 4) is 5.75 Å². The van der Waals surface area contributed by atoms with Crippen LogP contribution in [0.3, 0.4) is 0 Å². The number of aliphatic carboxylic acids is 1. The van der Waals surface area contributed by atoms with Crippen molar-refractivity contribution in [2.24, 2.45) is 0 Å². The van der Waals surface area contributed by atoms with Crippen LogP contribution in [0.5, 0.6) is 5.75 Å². The Morgan fingerprint density at radius 1 is 0.944 bits per heavy atom. The molecule has 1 amide bonds. The maximum Gasteiger partial charge on any atom is 0.347 e. The molecule has 36 heavy (non-hydrogen) atoms. The van der Waals surface area contributed by atoms with Crippen LogP contribution in [0.1, 0.15) is 95.8 Å². The van der Waals surface area contributed by atoms with Gasteiger partial charge in [-0.05, 0) is 60.9 Å². The van der Waals surface area contributed by atoms with Crippen LogP contribution in [0.15, 0.2) is 48.5 Å². The second-order valence-corrected chi connectivity index (χ2v) is 10.3. The second kappa shape index (κ2) is 14.7. The summed E-state index contributed by atoms with van der Waals surface area (Å²) in [6.45, 7) is 11.3. The monoisotopic (exact) mass is 495 g/mol. The van der Waals surface area contributed by atoms with Gasteiger partial charge in [0, 0.05) is 13.1 Å². The number of hydrogen-bond acceptors (Lipinski definition) is 3. The van der Waals surface area contributed by atoms with Gasteiger partial charge in [-0.1, -0.05) is 89.8 Å². The number of hydrogen-bond donors (Lipinski definition) is 1. The van der Waals surface area contributed by atoms with Crippen LogP contribution in [0.25, 0.3) is 0 Å². The standard InChI is InChI=1S/C31H45NO4/c1-6-8-9-10-11-20-32(29(33)23-26-15-17-27(18-16-26)24(3)4)21-19-25-13-12-14-28(22-25)36-31(5,7-2)30(34)35/h12-18,22,24H,6-11,19-21,23H2,1-5H3,(H,34,35). The number of carbonyl (C=O) groups is 2. The van der Waals surface area contributed by atoms with E-state index in [0.717, 1.165) is 30.5 Å². The third kappa shape index (κ3) is 9.33. The summed E-state index contributed by atoms with van der Waals surface area (Å²) in [6, 6.07) is 16.0. The zero-order valence-corrected chi connectivity index (χ0v) is 22.9. The molecule has 0 aliphatic heterocycles. The molecule has 0 aliphatic rings. The minimum absolute atomic E-state index is 0.152. The SMILES string of the molecule is CCCCCCCN(CCc1cccc(OC(C)(CC)C(=O)O)c1)C(=O)Cc1ccc(C(C)C)cc1. The van der Waals surface area contributed by atoms with Gasteiger partial charge < -0.3 is 14.7 Å². The van der Waals surface area contributed by atoms with Gasteiger partial charge >= 0.3 is 5.97 Å². The van der Waals surface area contributed by atoms with Crippen molar-refractivity contribution in [2.45, 2.75) is 97.5 Å². The number of amides is 1. The molecule has 2 aromatic rings. The van der Waals surface area contributed by atoms with Gasteiger partial charge in [-0.25, -0.2) is 4.79 Å². The first-order valence-corrected chi connectivity index (χ1v) is 13.6. The van der Waals surface area contributed by atoms with Gasteiger partial charge in [-0.3, -0.25) is 4.79 Å². The summed E-state index contributed by atoms with van der Waals surface area (Å²) in [6.07, 6.45) is 7.25. The van der Waals surface area contributed by atoms with Crippen LogP contribution >= 0.6 is 0 Å². The number of carbonyl (C=O) groups excluding carboxylic acids is 1. The maximum absolute atomic E-state index is 13.3. The maximum atomic E-state index is 13.3. The molecule has 0 fully saturated rings. The van der Waals surface area contributed by atoms with E-state index in [2.05, 4.69) is 45.0 Å². The lowest BCUT2D eigenvalue weighted by atomic mass is 10.0. The van der Waals surface area contributed by atoms with Gasteiger partial charge in [0.05, 0.1) is 6.42 Å². The molecule has 0 saturated heterocycles. The number of ether oxygens (including phenoxy) is 1. The van der Waals surface area contributed by atoms with E-state index in [1.807, 2.05) is 23.1 Å². The molecule has 1 atom stereocenters. The van der Waals surface area contributed by atoms with Gasteiger partial charge in [0.1, 0.15) is 5.75 Å². The molecule has 1 unspecified atom stereocenters. The van der Waals surface area contributed by atoms with E-state index < -0.39 is 11.6 Å². The lowest BCUT2D eigenvalue weighted by molar-refractivity contribution is -0.154. The summed E-state index contributed by atoms with van der Waals surface area (Å²) >= 11 is 0. The fourth-order valence-electron chi connectivity index (χ4n) is 4.13. The molecule has 0 aliphatic carbocycles. The quantitative estimate of drug-likeness (QED) is 0.254. The number of rotatable bonds is 16. The van der Waals surface area contributed by atoms with Crippen LogP contribution in [-0.4, -0.2) is 40.6 Å². The van der Waals surface area contributed by atoms with Crippen molar-refractivity contribution < 1.29 is 19.4 Å². The molecule has 5 heteroatoms. The number of benzene rings is 2. The van der Waals surface area contributed by atoms with Crippen molar-refractivity contribution in [1.82, 2.24) is 4.90 Å². The van der Waals surface area contributed by atoms with E-state index in [-0.39, 0.29) is 5.91 Å². The number of nitrogens with zero attached hydrogens (tertiary/aromatic N) is 1. The average molecular weight is 496 g/mol. The normalized spacial score (nSPS) is 12.8. The molecule has 0 aromatic heterocycles. The summed E-state index contributed by atoms with van der Waals surface area (Å²) in [5, 5.41) is 9.53. The molecule has 0 bridgehead atoms.